The van der Waals surface area contributed by atoms with Crippen molar-refractivity contribution in [1.29, 1.82) is 0 Å². The number of nitrogens with zero attached hydrogens (tertiary/aromatic N) is 3. The minimum Gasteiger partial charge on any atom is -0.376 e. The van der Waals surface area contributed by atoms with Crippen molar-refractivity contribution in [3.05, 3.63) is 12.2 Å². The van der Waals surface area contributed by atoms with E-state index in [9.17, 15) is 0 Å². The van der Waals surface area contributed by atoms with Gasteiger partial charge < -0.3 is 15.0 Å². The predicted octanol–water partition coefficient (Wildman–Crippen LogP) is 2.87. The number of rotatable bonds is 5. The van der Waals surface area contributed by atoms with Crippen molar-refractivity contribution in [3.8, 4) is 0 Å². The first-order chi connectivity index (χ1) is 11.9. The van der Waals surface area contributed by atoms with Gasteiger partial charge in [-0.3, -0.25) is 9.89 Å². The Hall–Kier alpha value is -0.340. The molecule has 1 aliphatic carbocycles. The highest BCUT2D eigenvalue weighted by atomic mass is 127. The standard InChI is InChI=1S/C19H34N4O.HI/c1-20-19(21-11-15-24-18-8-4-2-3-5-9-18)23-14-10-17(16-23)22-12-6-7-13-22;/h6-7,17-18H,2-5,8-16H2,1H3,(H,20,21);1H. The molecule has 0 spiro atoms. The molecule has 0 aromatic carbocycles. The highest BCUT2D eigenvalue weighted by Gasteiger charge is 2.29. The van der Waals surface area contributed by atoms with Crippen LogP contribution in [-0.4, -0.2) is 74.3 Å². The summed E-state index contributed by atoms with van der Waals surface area (Å²) in [5.74, 6) is 1.04. The maximum absolute atomic E-state index is 6.07. The average Bonchev–Trinajstić information content (AvgIpc) is 3.23. The molecule has 1 saturated heterocycles. The third kappa shape index (κ3) is 6.40. The Morgan fingerprint density at radius 3 is 2.52 bits per heavy atom. The number of ether oxygens (including phenoxy) is 1. The van der Waals surface area contributed by atoms with Crippen LogP contribution in [0.2, 0.25) is 0 Å². The Morgan fingerprint density at radius 1 is 1.12 bits per heavy atom. The maximum Gasteiger partial charge on any atom is 0.193 e. The lowest BCUT2D eigenvalue weighted by Gasteiger charge is -2.25. The monoisotopic (exact) mass is 462 g/mol. The topological polar surface area (TPSA) is 40.1 Å². The van der Waals surface area contributed by atoms with Crippen LogP contribution in [-0.2, 0) is 4.74 Å². The summed E-state index contributed by atoms with van der Waals surface area (Å²) in [4.78, 5) is 9.43. The molecule has 1 N–H and O–H groups in total. The molecule has 0 radical (unpaired) electrons. The van der Waals surface area contributed by atoms with E-state index in [4.69, 9.17) is 4.74 Å². The Kier molecular flexibility index (Phi) is 9.55. The lowest BCUT2D eigenvalue weighted by Crippen LogP contribution is -2.43. The second-order valence-corrected chi connectivity index (χ2v) is 7.27. The molecule has 6 heteroatoms. The first kappa shape index (κ1) is 21.0. The summed E-state index contributed by atoms with van der Waals surface area (Å²) in [7, 11) is 1.89. The number of hydrogen-bond donors (Lipinski definition) is 1. The van der Waals surface area contributed by atoms with Crippen LogP contribution in [0.1, 0.15) is 44.9 Å². The zero-order valence-corrected chi connectivity index (χ0v) is 18.0. The van der Waals surface area contributed by atoms with Crippen LogP contribution in [0.15, 0.2) is 17.1 Å². The fourth-order valence-electron chi connectivity index (χ4n) is 4.15. The second kappa shape index (κ2) is 11.4. The van der Waals surface area contributed by atoms with Crippen LogP contribution in [0.4, 0.5) is 0 Å². The van der Waals surface area contributed by atoms with Gasteiger partial charge in [0.25, 0.3) is 0 Å². The molecule has 25 heavy (non-hydrogen) atoms. The van der Waals surface area contributed by atoms with Gasteiger partial charge in [0.2, 0.25) is 0 Å². The lowest BCUT2D eigenvalue weighted by molar-refractivity contribution is 0.0466. The molecule has 2 fully saturated rings. The van der Waals surface area contributed by atoms with Gasteiger partial charge in [-0.05, 0) is 19.3 Å². The Bertz CT molecular complexity index is 427. The number of likely N-dealkylation sites (tertiary alicyclic amines) is 1. The summed E-state index contributed by atoms with van der Waals surface area (Å²) in [6.07, 6.45) is 14.2. The van der Waals surface area contributed by atoms with E-state index in [0.29, 0.717) is 12.1 Å². The van der Waals surface area contributed by atoms with Crippen molar-refractivity contribution in [1.82, 2.24) is 15.1 Å². The van der Waals surface area contributed by atoms with Gasteiger partial charge in [-0.15, -0.1) is 24.0 Å². The second-order valence-electron chi connectivity index (χ2n) is 7.27. The molecule has 0 amide bonds. The molecule has 0 aromatic heterocycles. The lowest BCUT2D eigenvalue weighted by atomic mass is 10.1. The van der Waals surface area contributed by atoms with E-state index in [1.54, 1.807) is 0 Å². The van der Waals surface area contributed by atoms with Crippen LogP contribution in [0.5, 0.6) is 0 Å². The maximum atomic E-state index is 6.07. The average molecular weight is 462 g/mol. The van der Waals surface area contributed by atoms with E-state index in [1.807, 2.05) is 7.05 Å². The molecule has 1 unspecified atom stereocenters. The van der Waals surface area contributed by atoms with Gasteiger partial charge in [-0.2, -0.15) is 0 Å². The number of guanidine groups is 1. The van der Waals surface area contributed by atoms with Gasteiger partial charge in [0, 0.05) is 45.8 Å². The highest BCUT2D eigenvalue weighted by molar-refractivity contribution is 14.0. The van der Waals surface area contributed by atoms with Crippen molar-refractivity contribution in [2.24, 2.45) is 4.99 Å². The van der Waals surface area contributed by atoms with Gasteiger partial charge >= 0.3 is 0 Å². The summed E-state index contributed by atoms with van der Waals surface area (Å²) in [6, 6.07) is 0.667. The summed E-state index contributed by atoms with van der Waals surface area (Å²) in [6.45, 7) is 6.06. The molecule has 2 heterocycles. The van der Waals surface area contributed by atoms with Crippen LogP contribution < -0.4 is 5.32 Å². The Morgan fingerprint density at radius 2 is 1.84 bits per heavy atom. The van der Waals surface area contributed by atoms with Crippen molar-refractivity contribution >= 4 is 29.9 Å². The van der Waals surface area contributed by atoms with Gasteiger partial charge in [0.1, 0.15) is 0 Å². The number of aliphatic imine (C=N–C) groups is 1. The van der Waals surface area contributed by atoms with Crippen LogP contribution in [0.3, 0.4) is 0 Å². The summed E-state index contributed by atoms with van der Waals surface area (Å²) in [5.41, 5.74) is 0. The van der Waals surface area contributed by atoms with Gasteiger partial charge in [-0.1, -0.05) is 37.8 Å². The highest BCUT2D eigenvalue weighted by Crippen LogP contribution is 2.20. The Labute approximate surface area is 170 Å². The van der Waals surface area contributed by atoms with Crippen molar-refractivity contribution < 1.29 is 4.74 Å². The first-order valence-electron chi connectivity index (χ1n) is 9.83. The number of hydrogen-bond acceptors (Lipinski definition) is 3. The van der Waals surface area contributed by atoms with Crippen LogP contribution in [0, 0.1) is 0 Å². The number of halogens is 1. The predicted molar refractivity (Wildman–Crippen MR) is 115 cm³/mol. The quantitative estimate of drug-likeness (QED) is 0.170. The van der Waals surface area contributed by atoms with E-state index in [1.165, 1.54) is 44.9 Å². The zero-order chi connectivity index (χ0) is 16.6. The van der Waals surface area contributed by atoms with Gasteiger partial charge in [0.05, 0.1) is 12.7 Å². The van der Waals surface area contributed by atoms with E-state index < -0.39 is 0 Å². The molecule has 0 bridgehead atoms. The fourth-order valence-corrected chi connectivity index (χ4v) is 4.15. The van der Waals surface area contributed by atoms with Crippen molar-refractivity contribution in [3.63, 3.8) is 0 Å². The van der Waals surface area contributed by atoms with E-state index in [0.717, 1.165) is 45.3 Å². The molecule has 2 aliphatic heterocycles. The molecular weight excluding hydrogens is 427 g/mol. The molecule has 1 saturated carbocycles. The minimum absolute atomic E-state index is 0. The van der Waals surface area contributed by atoms with E-state index in [-0.39, 0.29) is 24.0 Å². The van der Waals surface area contributed by atoms with Crippen molar-refractivity contribution in [2.75, 3.05) is 46.4 Å². The smallest absolute Gasteiger partial charge is 0.193 e. The first-order valence-corrected chi connectivity index (χ1v) is 9.83. The molecule has 144 valence electrons. The summed E-state index contributed by atoms with van der Waals surface area (Å²) in [5, 5.41) is 3.49. The molecule has 0 aromatic rings. The van der Waals surface area contributed by atoms with Gasteiger partial charge in [0.15, 0.2) is 5.96 Å². The van der Waals surface area contributed by atoms with Crippen molar-refractivity contribution in [2.45, 2.75) is 57.1 Å². The SMILES string of the molecule is CN=C(NCCOC1CCCCCC1)N1CCC(N2CC=CC2)C1.I. The molecular formula is C19H35IN4O. The van der Waals surface area contributed by atoms with E-state index in [2.05, 4.69) is 32.3 Å². The third-order valence-corrected chi connectivity index (χ3v) is 5.58. The largest absolute Gasteiger partial charge is 0.376 e. The summed E-state index contributed by atoms with van der Waals surface area (Å²) < 4.78 is 6.07. The molecule has 3 aliphatic rings. The molecule has 1 atom stereocenters. The Balaban J connectivity index is 0.00000225. The minimum atomic E-state index is 0. The normalized spacial score (nSPS) is 25.9. The van der Waals surface area contributed by atoms with E-state index >= 15 is 0 Å². The zero-order valence-electron chi connectivity index (χ0n) is 15.7. The molecule has 3 rings (SSSR count). The third-order valence-electron chi connectivity index (χ3n) is 5.58. The van der Waals surface area contributed by atoms with Crippen LogP contribution >= 0.6 is 24.0 Å². The molecule has 5 nitrogen and oxygen atoms in total. The number of nitrogens with one attached hydrogen (secondary N) is 1. The van der Waals surface area contributed by atoms with Gasteiger partial charge in [-0.25, -0.2) is 0 Å². The fraction of sp³-hybridized carbons (Fsp3) is 0.842. The summed E-state index contributed by atoms with van der Waals surface area (Å²) >= 11 is 0. The van der Waals surface area contributed by atoms with Crippen LogP contribution in [0.25, 0.3) is 0 Å².